The molecule has 1 atom stereocenters. The number of aromatic nitrogens is 2. The molecule has 6 nitrogen and oxygen atoms in total. The Morgan fingerprint density at radius 3 is 2.64 bits per heavy atom. The highest BCUT2D eigenvalue weighted by Gasteiger charge is 2.24. The van der Waals surface area contributed by atoms with Gasteiger partial charge in [0.1, 0.15) is 11.0 Å². The van der Waals surface area contributed by atoms with Crippen LogP contribution in [0.15, 0.2) is 30.3 Å². The molecule has 1 aromatic heterocycles. The second-order valence-electron chi connectivity index (χ2n) is 6.94. The predicted octanol–water partition coefficient (Wildman–Crippen LogP) is 4.08. The number of hydrogen-bond acceptors (Lipinski definition) is 6. The summed E-state index contributed by atoms with van der Waals surface area (Å²) >= 11 is 3.09. The topological polar surface area (TPSA) is 84.0 Å². The Hall–Kier alpha value is -1.93. The standard InChI is InChI=1S/C20H26N4O2S2/c1-27-13-12-16(21-17(25)14-8-4-2-5-9-14)18(26)22-20-24-23-19(28-20)15-10-6-3-7-11-15/h2,4-5,8-9,15-16H,3,6-7,10-13H2,1H3,(H,21,25)(H,22,24,26)/t16-/m1/s1. The molecule has 1 aliphatic carbocycles. The third kappa shape index (κ3) is 5.78. The van der Waals surface area contributed by atoms with Gasteiger partial charge in [0.05, 0.1) is 0 Å². The molecule has 28 heavy (non-hydrogen) atoms. The highest BCUT2D eigenvalue weighted by molar-refractivity contribution is 7.98. The number of benzene rings is 1. The van der Waals surface area contributed by atoms with Crippen LogP contribution in [-0.4, -0.2) is 40.1 Å². The van der Waals surface area contributed by atoms with Crippen LogP contribution < -0.4 is 10.6 Å². The van der Waals surface area contributed by atoms with Crippen molar-refractivity contribution in [1.82, 2.24) is 15.5 Å². The van der Waals surface area contributed by atoms with E-state index in [4.69, 9.17) is 0 Å². The first-order chi connectivity index (χ1) is 13.7. The average Bonchev–Trinajstić information content (AvgIpc) is 3.20. The van der Waals surface area contributed by atoms with E-state index in [1.807, 2.05) is 12.3 Å². The fraction of sp³-hybridized carbons (Fsp3) is 0.500. The summed E-state index contributed by atoms with van der Waals surface area (Å²) in [6.07, 6.45) is 8.58. The lowest BCUT2D eigenvalue weighted by molar-refractivity contribution is -0.118. The summed E-state index contributed by atoms with van der Waals surface area (Å²) in [5.41, 5.74) is 0.542. The lowest BCUT2D eigenvalue weighted by Crippen LogP contribution is -2.44. The second kappa shape index (κ2) is 10.6. The summed E-state index contributed by atoms with van der Waals surface area (Å²) in [6, 6.07) is 8.33. The molecular formula is C20H26N4O2S2. The van der Waals surface area contributed by atoms with Crippen LogP contribution in [0.1, 0.15) is 59.8 Å². The minimum Gasteiger partial charge on any atom is -0.340 e. The lowest BCUT2D eigenvalue weighted by Gasteiger charge is -2.18. The highest BCUT2D eigenvalue weighted by Crippen LogP contribution is 2.35. The number of amides is 2. The SMILES string of the molecule is CSCC[C@@H](NC(=O)c1ccccc1)C(=O)Nc1nnc(C2CCCCC2)s1. The summed E-state index contributed by atoms with van der Waals surface area (Å²) in [7, 11) is 0. The molecule has 0 spiro atoms. The summed E-state index contributed by atoms with van der Waals surface area (Å²) in [5, 5.41) is 15.6. The molecule has 150 valence electrons. The number of anilines is 1. The van der Waals surface area contributed by atoms with E-state index in [-0.39, 0.29) is 11.8 Å². The Bertz CT molecular complexity index is 776. The number of hydrogen-bond donors (Lipinski definition) is 2. The molecule has 0 aliphatic heterocycles. The van der Waals surface area contributed by atoms with Gasteiger partial charge >= 0.3 is 0 Å². The molecule has 0 bridgehead atoms. The predicted molar refractivity (Wildman–Crippen MR) is 115 cm³/mol. The van der Waals surface area contributed by atoms with Gasteiger partial charge in [-0.15, -0.1) is 10.2 Å². The van der Waals surface area contributed by atoms with Crippen LogP contribution in [0.25, 0.3) is 0 Å². The van der Waals surface area contributed by atoms with Gasteiger partial charge in [0.25, 0.3) is 5.91 Å². The Balaban J connectivity index is 1.62. The van der Waals surface area contributed by atoms with E-state index >= 15 is 0 Å². The zero-order valence-electron chi connectivity index (χ0n) is 16.0. The first-order valence-electron chi connectivity index (χ1n) is 9.66. The molecule has 2 N–H and O–H groups in total. The Morgan fingerprint density at radius 2 is 1.93 bits per heavy atom. The van der Waals surface area contributed by atoms with Crippen LogP contribution in [0.4, 0.5) is 5.13 Å². The summed E-state index contributed by atoms with van der Waals surface area (Å²) in [4.78, 5) is 25.2. The van der Waals surface area contributed by atoms with Crippen molar-refractivity contribution >= 4 is 40.0 Å². The lowest BCUT2D eigenvalue weighted by atomic mass is 9.90. The van der Waals surface area contributed by atoms with Crippen LogP contribution >= 0.6 is 23.1 Å². The molecule has 0 radical (unpaired) electrons. The van der Waals surface area contributed by atoms with Crippen molar-refractivity contribution in [3.8, 4) is 0 Å². The normalized spacial score (nSPS) is 15.8. The quantitative estimate of drug-likeness (QED) is 0.675. The molecule has 1 aliphatic rings. The highest BCUT2D eigenvalue weighted by atomic mass is 32.2. The summed E-state index contributed by atoms with van der Waals surface area (Å²) < 4.78 is 0. The van der Waals surface area contributed by atoms with Gasteiger partial charge in [-0.25, -0.2) is 0 Å². The van der Waals surface area contributed by atoms with Gasteiger partial charge < -0.3 is 5.32 Å². The van der Waals surface area contributed by atoms with E-state index in [1.54, 1.807) is 36.0 Å². The molecule has 1 heterocycles. The van der Waals surface area contributed by atoms with Crippen molar-refractivity contribution in [2.45, 2.75) is 50.5 Å². The second-order valence-corrected chi connectivity index (χ2v) is 8.94. The number of rotatable bonds is 8. The van der Waals surface area contributed by atoms with E-state index in [1.165, 1.54) is 30.6 Å². The fourth-order valence-electron chi connectivity index (χ4n) is 3.33. The number of nitrogens with one attached hydrogen (secondary N) is 2. The fourth-order valence-corrected chi connectivity index (χ4v) is 4.71. The van der Waals surface area contributed by atoms with E-state index in [2.05, 4.69) is 20.8 Å². The van der Waals surface area contributed by atoms with Crippen LogP contribution in [-0.2, 0) is 4.79 Å². The van der Waals surface area contributed by atoms with Gasteiger partial charge in [0, 0.05) is 11.5 Å². The molecule has 2 amide bonds. The van der Waals surface area contributed by atoms with E-state index in [9.17, 15) is 9.59 Å². The zero-order valence-corrected chi connectivity index (χ0v) is 17.7. The molecule has 2 aromatic rings. The largest absolute Gasteiger partial charge is 0.340 e. The van der Waals surface area contributed by atoms with Gasteiger partial charge in [-0.2, -0.15) is 11.8 Å². The summed E-state index contributed by atoms with van der Waals surface area (Å²) in [6.45, 7) is 0. The van der Waals surface area contributed by atoms with Crippen molar-refractivity contribution in [3.05, 3.63) is 40.9 Å². The Kier molecular flexibility index (Phi) is 7.85. The maximum absolute atomic E-state index is 12.8. The first-order valence-corrected chi connectivity index (χ1v) is 11.9. The number of thioether (sulfide) groups is 1. The molecular weight excluding hydrogens is 392 g/mol. The molecule has 1 aromatic carbocycles. The van der Waals surface area contributed by atoms with Crippen molar-refractivity contribution in [3.63, 3.8) is 0 Å². The molecule has 0 unspecified atom stereocenters. The maximum atomic E-state index is 12.8. The molecule has 8 heteroatoms. The number of carbonyl (C=O) groups excluding carboxylic acids is 2. The molecule has 3 rings (SSSR count). The van der Waals surface area contributed by atoms with Gasteiger partial charge in [0.2, 0.25) is 11.0 Å². The van der Waals surface area contributed by atoms with Crippen molar-refractivity contribution in [1.29, 1.82) is 0 Å². The van der Waals surface area contributed by atoms with Crippen LogP contribution in [0.5, 0.6) is 0 Å². The van der Waals surface area contributed by atoms with E-state index in [0.717, 1.165) is 23.6 Å². The van der Waals surface area contributed by atoms with Gasteiger partial charge in [0.15, 0.2) is 0 Å². The Labute approximate surface area is 173 Å². The van der Waals surface area contributed by atoms with Crippen LogP contribution in [0.2, 0.25) is 0 Å². The maximum Gasteiger partial charge on any atom is 0.251 e. The van der Waals surface area contributed by atoms with E-state index in [0.29, 0.717) is 23.0 Å². The first kappa shape index (κ1) is 20.8. The van der Waals surface area contributed by atoms with Crippen molar-refractivity contribution in [2.75, 3.05) is 17.3 Å². The number of carbonyl (C=O) groups is 2. The van der Waals surface area contributed by atoms with Crippen molar-refractivity contribution < 1.29 is 9.59 Å². The molecule has 1 saturated carbocycles. The monoisotopic (exact) mass is 418 g/mol. The minimum atomic E-state index is -0.609. The van der Waals surface area contributed by atoms with Gasteiger partial charge in [-0.05, 0) is 43.4 Å². The van der Waals surface area contributed by atoms with Gasteiger partial charge in [-0.1, -0.05) is 48.8 Å². The Morgan fingerprint density at radius 1 is 1.18 bits per heavy atom. The third-order valence-electron chi connectivity index (χ3n) is 4.89. The smallest absolute Gasteiger partial charge is 0.251 e. The van der Waals surface area contributed by atoms with Crippen LogP contribution in [0.3, 0.4) is 0 Å². The van der Waals surface area contributed by atoms with Crippen LogP contribution in [0, 0.1) is 0 Å². The minimum absolute atomic E-state index is 0.246. The van der Waals surface area contributed by atoms with Gasteiger partial charge in [-0.3, -0.25) is 14.9 Å². The molecule has 1 fully saturated rings. The average molecular weight is 419 g/mol. The summed E-state index contributed by atoms with van der Waals surface area (Å²) in [5.74, 6) is 0.741. The number of nitrogens with zero attached hydrogens (tertiary/aromatic N) is 2. The third-order valence-corrected chi connectivity index (χ3v) is 6.54. The zero-order chi connectivity index (χ0) is 19.8. The molecule has 0 saturated heterocycles. The van der Waals surface area contributed by atoms with Crippen molar-refractivity contribution in [2.24, 2.45) is 0 Å². The van der Waals surface area contributed by atoms with E-state index < -0.39 is 6.04 Å².